The van der Waals surface area contributed by atoms with Crippen molar-refractivity contribution in [1.29, 1.82) is 0 Å². The van der Waals surface area contributed by atoms with Gasteiger partial charge in [-0.2, -0.15) is 0 Å². The zero-order valence-electron chi connectivity index (χ0n) is 16.8. The smallest absolute Gasteiger partial charge is 0.270 e. The third-order valence-corrected chi connectivity index (χ3v) is 5.40. The Morgan fingerprint density at radius 2 is 1.55 bits per heavy atom. The van der Waals surface area contributed by atoms with Gasteiger partial charge in [0.25, 0.3) is 11.6 Å². The first-order valence-electron chi connectivity index (χ1n) is 10.0. The number of nitrogens with zero attached hydrogens (tertiary/aromatic N) is 3. The molecule has 0 aliphatic carbocycles. The van der Waals surface area contributed by atoms with Gasteiger partial charge in [0.2, 0.25) is 5.91 Å². The molecule has 156 valence electrons. The Morgan fingerprint density at radius 1 is 0.871 bits per heavy atom. The molecule has 0 spiro atoms. The van der Waals surface area contributed by atoms with Crippen LogP contribution in [0.1, 0.15) is 15.9 Å². The lowest BCUT2D eigenvalue weighted by Gasteiger charge is -2.34. The molecular formula is C24H21N3O4. The van der Waals surface area contributed by atoms with Gasteiger partial charge in [-0.05, 0) is 28.5 Å². The molecule has 1 aliphatic rings. The normalized spacial score (nSPS) is 14.2. The Kier molecular flexibility index (Phi) is 5.75. The lowest BCUT2D eigenvalue weighted by molar-refractivity contribution is -0.384. The van der Waals surface area contributed by atoms with Gasteiger partial charge in [0.15, 0.2) is 0 Å². The van der Waals surface area contributed by atoms with Gasteiger partial charge in [0.05, 0.1) is 4.92 Å². The largest absolute Gasteiger partial charge is 0.336 e. The van der Waals surface area contributed by atoms with Crippen molar-refractivity contribution in [1.82, 2.24) is 9.80 Å². The number of benzene rings is 3. The summed E-state index contributed by atoms with van der Waals surface area (Å²) in [7, 11) is 0. The van der Waals surface area contributed by atoms with Gasteiger partial charge in [-0.3, -0.25) is 19.7 Å². The van der Waals surface area contributed by atoms with Crippen LogP contribution in [-0.2, 0) is 4.79 Å². The van der Waals surface area contributed by atoms with Crippen LogP contribution in [0.15, 0.2) is 72.8 Å². The number of rotatable bonds is 4. The fourth-order valence-corrected chi connectivity index (χ4v) is 3.73. The number of hydrogen-bond acceptors (Lipinski definition) is 4. The van der Waals surface area contributed by atoms with Gasteiger partial charge in [0, 0.05) is 50.0 Å². The quantitative estimate of drug-likeness (QED) is 0.369. The summed E-state index contributed by atoms with van der Waals surface area (Å²) < 4.78 is 0. The van der Waals surface area contributed by atoms with Crippen LogP contribution in [0.2, 0.25) is 0 Å². The van der Waals surface area contributed by atoms with Crippen molar-refractivity contribution >= 4 is 34.4 Å². The number of hydrogen-bond donors (Lipinski definition) is 0. The molecule has 1 aliphatic heterocycles. The van der Waals surface area contributed by atoms with Crippen molar-refractivity contribution in [3.63, 3.8) is 0 Å². The van der Waals surface area contributed by atoms with E-state index in [4.69, 9.17) is 0 Å². The molecular weight excluding hydrogens is 394 g/mol. The first-order chi connectivity index (χ1) is 15.0. The average molecular weight is 415 g/mol. The van der Waals surface area contributed by atoms with E-state index in [9.17, 15) is 19.7 Å². The molecule has 3 aromatic rings. The molecule has 3 aromatic carbocycles. The number of nitro benzene ring substituents is 1. The molecule has 0 saturated carbocycles. The maximum atomic E-state index is 13.0. The fourth-order valence-electron chi connectivity index (χ4n) is 3.73. The average Bonchev–Trinajstić information content (AvgIpc) is 2.82. The molecule has 0 aromatic heterocycles. The number of nitro groups is 1. The van der Waals surface area contributed by atoms with Crippen molar-refractivity contribution < 1.29 is 14.5 Å². The van der Waals surface area contributed by atoms with E-state index >= 15 is 0 Å². The highest BCUT2D eigenvalue weighted by Crippen LogP contribution is 2.21. The van der Waals surface area contributed by atoms with E-state index in [-0.39, 0.29) is 17.5 Å². The minimum absolute atomic E-state index is 0.0184. The van der Waals surface area contributed by atoms with E-state index in [2.05, 4.69) is 0 Å². The van der Waals surface area contributed by atoms with Crippen LogP contribution in [0.25, 0.3) is 16.8 Å². The molecule has 7 heteroatoms. The lowest BCUT2D eigenvalue weighted by Crippen LogP contribution is -2.50. The number of carbonyl (C=O) groups excluding carboxylic acids is 2. The van der Waals surface area contributed by atoms with Gasteiger partial charge >= 0.3 is 0 Å². The zero-order valence-corrected chi connectivity index (χ0v) is 16.8. The Morgan fingerprint density at radius 3 is 2.32 bits per heavy atom. The van der Waals surface area contributed by atoms with Crippen molar-refractivity contribution in [3.05, 3.63) is 94.0 Å². The predicted molar refractivity (Wildman–Crippen MR) is 119 cm³/mol. The summed E-state index contributed by atoms with van der Waals surface area (Å²) in [6, 6.07) is 19.6. The van der Waals surface area contributed by atoms with Crippen LogP contribution < -0.4 is 0 Å². The lowest BCUT2D eigenvalue weighted by atomic mass is 10.0. The highest BCUT2D eigenvalue weighted by atomic mass is 16.6. The van der Waals surface area contributed by atoms with E-state index in [1.807, 2.05) is 42.5 Å². The maximum Gasteiger partial charge on any atom is 0.270 e. The Labute approximate surface area is 179 Å². The molecule has 0 bridgehead atoms. The van der Waals surface area contributed by atoms with Crippen LogP contribution >= 0.6 is 0 Å². The van der Waals surface area contributed by atoms with Crippen molar-refractivity contribution in [2.45, 2.75) is 0 Å². The summed E-state index contributed by atoms with van der Waals surface area (Å²) in [5.74, 6) is -0.209. The summed E-state index contributed by atoms with van der Waals surface area (Å²) in [4.78, 5) is 39.4. The fraction of sp³-hybridized carbons (Fsp3) is 0.167. The SMILES string of the molecule is O=C(/C=C/c1cccc([N+](=O)[O-])c1)N1CCN(C(=O)c2cccc3ccccc23)CC1. The molecule has 2 amide bonds. The highest BCUT2D eigenvalue weighted by Gasteiger charge is 2.24. The Bertz CT molecular complexity index is 1170. The number of non-ortho nitro benzene ring substituents is 1. The van der Waals surface area contributed by atoms with Crippen LogP contribution in [-0.4, -0.2) is 52.7 Å². The van der Waals surface area contributed by atoms with Gasteiger partial charge < -0.3 is 9.80 Å². The Balaban J connectivity index is 1.39. The molecule has 4 rings (SSSR count). The molecule has 0 radical (unpaired) electrons. The molecule has 1 saturated heterocycles. The summed E-state index contributed by atoms with van der Waals surface area (Å²) >= 11 is 0. The van der Waals surface area contributed by atoms with Gasteiger partial charge in [-0.1, -0.05) is 48.5 Å². The van der Waals surface area contributed by atoms with E-state index in [1.54, 1.807) is 28.0 Å². The second kappa shape index (κ2) is 8.79. The third kappa shape index (κ3) is 4.45. The standard InChI is InChI=1S/C24H21N3O4/c28-23(12-11-18-5-3-8-20(17-18)27(30)31)25-13-15-26(16-14-25)24(29)22-10-4-7-19-6-1-2-9-21(19)22/h1-12,17H,13-16H2/b12-11+. The van der Waals surface area contributed by atoms with E-state index in [1.165, 1.54) is 18.2 Å². The van der Waals surface area contributed by atoms with Crippen LogP contribution in [0.5, 0.6) is 0 Å². The first-order valence-corrected chi connectivity index (χ1v) is 10.0. The second-order valence-corrected chi connectivity index (χ2v) is 7.33. The van der Waals surface area contributed by atoms with E-state index in [0.29, 0.717) is 37.3 Å². The first kappa shape index (κ1) is 20.3. The molecule has 1 fully saturated rings. The van der Waals surface area contributed by atoms with Gasteiger partial charge in [-0.25, -0.2) is 0 Å². The van der Waals surface area contributed by atoms with Gasteiger partial charge in [-0.15, -0.1) is 0 Å². The molecule has 0 N–H and O–H groups in total. The highest BCUT2D eigenvalue weighted by molar-refractivity contribution is 6.07. The van der Waals surface area contributed by atoms with Crippen LogP contribution in [0.3, 0.4) is 0 Å². The summed E-state index contributed by atoms with van der Waals surface area (Å²) in [5, 5.41) is 12.8. The summed E-state index contributed by atoms with van der Waals surface area (Å²) in [6.45, 7) is 1.79. The zero-order chi connectivity index (χ0) is 21.8. The number of fused-ring (bicyclic) bond motifs is 1. The predicted octanol–water partition coefficient (Wildman–Crippen LogP) is 3.75. The van der Waals surface area contributed by atoms with Crippen molar-refractivity contribution in [2.75, 3.05) is 26.2 Å². The third-order valence-electron chi connectivity index (χ3n) is 5.40. The number of amides is 2. The topological polar surface area (TPSA) is 83.8 Å². The molecule has 31 heavy (non-hydrogen) atoms. The Hall–Kier alpha value is -4.00. The summed E-state index contributed by atoms with van der Waals surface area (Å²) in [5.41, 5.74) is 1.24. The second-order valence-electron chi connectivity index (χ2n) is 7.33. The number of carbonyl (C=O) groups is 2. The minimum atomic E-state index is -0.467. The van der Waals surface area contributed by atoms with Crippen LogP contribution in [0.4, 0.5) is 5.69 Å². The molecule has 1 heterocycles. The van der Waals surface area contributed by atoms with E-state index in [0.717, 1.165) is 10.8 Å². The molecule has 7 nitrogen and oxygen atoms in total. The summed E-state index contributed by atoms with van der Waals surface area (Å²) in [6.07, 6.45) is 2.99. The molecule has 0 unspecified atom stereocenters. The molecule has 0 atom stereocenters. The van der Waals surface area contributed by atoms with Crippen molar-refractivity contribution in [3.8, 4) is 0 Å². The number of piperazine rings is 1. The van der Waals surface area contributed by atoms with Gasteiger partial charge in [0.1, 0.15) is 0 Å². The van der Waals surface area contributed by atoms with Crippen molar-refractivity contribution in [2.24, 2.45) is 0 Å². The van der Waals surface area contributed by atoms with E-state index < -0.39 is 4.92 Å². The minimum Gasteiger partial charge on any atom is -0.336 e. The maximum absolute atomic E-state index is 13.0. The van der Waals surface area contributed by atoms with Crippen LogP contribution in [0, 0.1) is 10.1 Å². The monoisotopic (exact) mass is 415 g/mol.